The number of hydrogen-bond acceptors (Lipinski definition) is 4. The smallest absolute Gasteiger partial charge is 0.198 e. The van der Waals surface area contributed by atoms with Crippen LogP contribution in [0.15, 0.2) is 70.3 Å². The summed E-state index contributed by atoms with van der Waals surface area (Å²) in [6.45, 7) is 0. The molecule has 2 heterocycles. The second-order valence-electron chi connectivity index (χ2n) is 8.04. The maximum absolute atomic E-state index is 14.0. The predicted molar refractivity (Wildman–Crippen MR) is 147 cm³/mol. The van der Waals surface area contributed by atoms with Crippen molar-refractivity contribution >= 4 is 108 Å². The Morgan fingerprint density at radius 3 is 1.41 bits per heavy atom. The highest BCUT2D eigenvalue weighted by atomic mass is 35.5. The molecule has 0 aliphatic heterocycles. The third-order valence-electron chi connectivity index (χ3n) is 6.14. The number of aromatic nitrogens is 2. The first kappa shape index (κ1) is 20.2. The van der Waals surface area contributed by atoms with Crippen molar-refractivity contribution in [3.05, 3.63) is 91.2 Å². The van der Waals surface area contributed by atoms with E-state index in [1.807, 2.05) is 48.5 Å². The van der Waals surface area contributed by atoms with E-state index in [9.17, 15) is 9.59 Å². The van der Waals surface area contributed by atoms with E-state index in [2.05, 4.69) is 9.97 Å². The number of para-hydroxylation sites is 2. The molecule has 2 N–H and O–H groups in total. The van der Waals surface area contributed by atoms with Crippen LogP contribution in [0.2, 0.25) is 10.0 Å². The van der Waals surface area contributed by atoms with Crippen LogP contribution in [-0.2, 0) is 0 Å². The second kappa shape index (κ2) is 7.17. The predicted octanol–water partition coefficient (Wildman–Crippen LogP) is 7.97. The van der Waals surface area contributed by atoms with Crippen molar-refractivity contribution in [2.75, 3.05) is 0 Å². The fourth-order valence-corrected chi connectivity index (χ4v) is 7.47. The van der Waals surface area contributed by atoms with Gasteiger partial charge in [-0.05, 0) is 36.4 Å². The summed E-state index contributed by atoms with van der Waals surface area (Å²) in [5, 5.41) is 1.39. The highest BCUT2D eigenvalue weighted by Crippen LogP contribution is 2.40. The fraction of sp³-hybridized carbons (Fsp3) is 0. The summed E-state index contributed by atoms with van der Waals surface area (Å²) < 4.78 is 3.91. The SMILES string of the molecule is O=c1c2c(Cl)ccc(Cl)c2c(=O)c2c3[nH]c4ccccc4sc3c3sc4ccccc4[nH]c3c12. The van der Waals surface area contributed by atoms with Crippen LogP contribution in [0, 0.1) is 0 Å². The number of H-pyrrole nitrogens is 2. The topological polar surface area (TPSA) is 65.7 Å². The van der Waals surface area contributed by atoms with Crippen LogP contribution in [-0.4, -0.2) is 9.97 Å². The molecule has 4 nitrogen and oxygen atoms in total. The van der Waals surface area contributed by atoms with Crippen molar-refractivity contribution in [3.8, 4) is 0 Å². The van der Waals surface area contributed by atoms with Crippen LogP contribution in [0.5, 0.6) is 0 Å². The van der Waals surface area contributed by atoms with Gasteiger partial charge in [0.15, 0.2) is 10.9 Å². The van der Waals surface area contributed by atoms with Crippen molar-refractivity contribution in [1.29, 1.82) is 0 Å². The number of halogens is 2. The lowest BCUT2D eigenvalue weighted by Gasteiger charge is -2.13. The minimum Gasteiger partial charge on any atom is -0.353 e. The van der Waals surface area contributed by atoms with Crippen LogP contribution in [0.1, 0.15) is 0 Å². The number of hydrogen-bond donors (Lipinski definition) is 2. The van der Waals surface area contributed by atoms with Crippen molar-refractivity contribution in [2.24, 2.45) is 0 Å². The molecule has 2 aromatic heterocycles. The lowest BCUT2D eigenvalue weighted by Crippen LogP contribution is -2.15. The Bertz CT molecular complexity index is 2000. The molecule has 164 valence electrons. The van der Waals surface area contributed by atoms with Crippen molar-refractivity contribution in [2.45, 2.75) is 0 Å². The molecule has 0 saturated heterocycles. The number of aromatic amines is 2. The van der Waals surface area contributed by atoms with Gasteiger partial charge < -0.3 is 9.97 Å². The maximum Gasteiger partial charge on any atom is 0.198 e. The maximum atomic E-state index is 14.0. The zero-order chi connectivity index (χ0) is 23.1. The quantitative estimate of drug-likeness (QED) is 0.158. The van der Waals surface area contributed by atoms with E-state index in [1.54, 1.807) is 34.8 Å². The summed E-state index contributed by atoms with van der Waals surface area (Å²) in [6.07, 6.45) is 0. The zero-order valence-corrected chi connectivity index (χ0v) is 20.3. The van der Waals surface area contributed by atoms with E-state index in [-0.39, 0.29) is 31.7 Å². The monoisotopic (exact) mass is 518 g/mol. The van der Waals surface area contributed by atoms with E-state index < -0.39 is 0 Å². The van der Waals surface area contributed by atoms with E-state index in [1.165, 1.54) is 0 Å². The second-order valence-corrected chi connectivity index (χ2v) is 11.0. The first-order chi connectivity index (χ1) is 16.5. The Kier molecular flexibility index (Phi) is 4.27. The summed E-state index contributed by atoms with van der Waals surface area (Å²) >= 11 is 16.1. The Morgan fingerprint density at radius 1 is 0.559 bits per heavy atom. The summed E-state index contributed by atoms with van der Waals surface area (Å²) in [6, 6.07) is 19.0. The van der Waals surface area contributed by atoms with Gasteiger partial charge >= 0.3 is 0 Å². The van der Waals surface area contributed by atoms with Gasteiger partial charge in [0.1, 0.15) is 0 Å². The van der Waals surface area contributed by atoms with Gasteiger partial charge in [-0.15, -0.1) is 22.7 Å². The van der Waals surface area contributed by atoms with Crippen LogP contribution in [0.4, 0.5) is 0 Å². The molecule has 7 rings (SSSR count). The third kappa shape index (κ3) is 2.65. The molecule has 34 heavy (non-hydrogen) atoms. The van der Waals surface area contributed by atoms with E-state index >= 15 is 0 Å². The van der Waals surface area contributed by atoms with Gasteiger partial charge in [0.25, 0.3) is 0 Å². The summed E-state index contributed by atoms with van der Waals surface area (Å²) in [5.41, 5.74) is 2.42. The van der Waals surface area contributed by atoms with Crippen molar-refractivity contribution < 1.29 is 0 Å². The highest BCUT2D eigenvalue weighted by molar-refractivity contribution is 7.32. The minimum absolute atomic E-state index is 0.156. The molecule has 0 aliphatic rings. The first-order valence-electron chi connectivity index (χ1n) is 10.4. The summed E-state index contributed by atoms with van der Waals surface area (Å²) in [4.78, 5) is 34.8. The molecule has 5 aromatic carbocycles. The molecule has 0 aliphatic carbocycles. The van der Waals surface area contributed by atoms with E-state index in [0.29, 0.717) is 21.8 Å². The Balaban J connectivity index is 1.92. The average molecular weight is 519 g/mol. The molecule has 7 aromatic rings. The summed E-state index contributed by atoms with van der Waals surface area (Å²) in [5.74, 6) is 0. The van der Waals surface area contributed by atoms with Gasteiger partial charge in [-0.2, -0.15) is 0 Å². The molecular formula is C26H12Cl2N2O2S2. The lowest BCUT2D eigenvalue weighted by atomic mass is 10.00. The Labute approximate surface area is 208 Å². The van der Waals surface area contributed by atoms with Gasteiger partial charge in [0.05, 0.1) is 72.5 Å². The van der Waals surface area contributed by atoms with Crippen LogP contribution >= 0.6 is 45.9 Å². The largest absolute Gasteiger partial charge is 0.353 e. The van der Waals surface area contributed by atoms with Gasteiger partial charge in [-0.25, -0.2) is 0 Å². The Morgan fingerprint density at radius 2 is 0.971 bits per heavy atom. The van der Waals surface area contributed by atoms with Crippen molar-refractivity contribution in [3.63, 3.8) is 0 Å². The number of fused-ring (bicyclic) bond motifs is 9. The first-order valence-corrected chi connectivity index (χ1v) is 12.8. The third-order valence-corrected chi connectivity index (χ3v) is 9.28. The minimum atomic E-state index is -0.311. The molecule has 0 radical (unpaired) electrons. The average Bonchev–Trinajstić information content (AvgIpc) is 2.85. The molecule has 0 unspecified atom stereocenters. The van der Waals surface area contributed by atoms with Crippen LogP contribution < -0.4 is 10.9 Å². The van der Waals surface area contributed by atoms with E-state index in [0.717, 1.165) is 29.8 Å². The normalized spacial score (nSPS) is 12.1. The molecule has 8 heteroatoms. The molecule has 0 saturated carbocycles. The summed E-state index contributed by atoms with van der Waals surface area (Å²) in [7, 11) is 0. The zero-order valence-electron chi connectivity index (χ0n) is 17.2. The van der Waals surface area contributed by atoms with Gasteiger partial charge in [0.2, 0.25) is 0 Å². The van der Waals surface area contributed by atoms with Gasteiger partial charge in [-0.1, -0.05) is 47.5 Å². The number of rotatable bonds is 0. The van der Waals surface area contributed by atoms with Crippen LogP contribution in [0.3, 0.4) is 0 Å². The molecular weight excluding hydrogens is 507 g/mol. The molecule has 0 spiro atoms. The molecule has 0 atom stereocenters. The van der Waals surface area contributed by atoms with E-state index in [4.69, 9.17) is 23.2 Å². The van der Waals surface area contributed by atoms with Crippen LogP contribution in [0.25, 0.3) is 62.4 Å². The lowest BCUT2D eigenvalue weighted by molar-refractivity contribution is 1.51. The number of benzene rings is 5. The van der Waals surface area contributed by atoms with Gasteiger partial charge in [0, 0.05) is 0 Å². The van der Waals surface area contributed by atoms with Crippen molar-refractivity contribution in [1.82, 2.24) is 9.97 Å². The standard InChI is InChI=1S/C26H12Cl2N2O2S2/c27-11-9-10-12(28)18-17(11)23(31)19-20(24(18)32)22-26(34-16-8-4-2-6-14(16)30-22)25-21(19)29-13-5-1-3-7-15(13)33-25/h1-10,29-30H. The molecule has 0 amide bonds. The van der Waals surface area contributed by atoms with Gasteiger partial charge in [-0.3, -0.25) is 9.59 Å². The Hall–Kier alpha value is -3.16. The molecule has 0 bridgehead atoms. The fourth-order valence-electron chi connectivity index (χ4n) is 4.64. The molecule has 0 fully saturated rings. The highest BCUT2D eigenvalue weighted by Gasteiger charge is 2.22. The number of nitrogens with one attached hydrogen (secondary N) is 2.